The largest absolute Gasteiger partial charge is 0.463 e. The normalized spacial score (nSPS) is 47.2. The van der Waals surface area contributed by atoms with Crippen molar-refractivity contribution in [2.75, 3.05) is 0 Å². The van der Waals surface area contributed by atoms with Gasteiger partial charge in [0.05, 0.1) is 6.10 Å². The van der Waals surface area contributed by atoms with Crippen molar-refractivity contribution in [2.24, 2.45) is 22.7 Å². The lowest BCUT2D eigenvalue weighted by molar-refractivity contribution is -0.150. The molecule has 4 rings (SSSR count). The maximum Gasteiger partial charge on any atom is 0.302 e. The van der Waals surface area contributed by atoms with Crippen molar-refractivity contribution < 1.29 is 19.4 Å². The van der Waals surface area contributed by atoms with E-state index in [-0.39, 0.29) is 34.7 Å². The first-order chi connectivity index (χ1) is 11.3. The lowest BCUT2D eigenvalue weighted by atomic mass is 9.61. The molecule has 0 amide bonds. The lowest BCUT2D eigenvalue weighted by Gasteiger charge is -2.44. The number of ether oxygens (including phenoxy) is 1. The number of aliphatic hydroxyl groups is 1. The second kappa shape index (κ2) is 5.17. The molecule has 0 aromatic heterocycles. The molecular weight excluding hydrogens is 304 g/mol. The predicted octanol–water partition coefficient (Wildman–Crippen LogP) is 3.17. The topological polar surface area (TPSA) is 63.6 Å². The summed E-state index contributed by atoms with van der Waals surface area (Å²) in [7, 11) is 0. The predicted molar refractivity (Wildman–Crippen MR) is 89.1 cm³/mol. The molecule has 4 nitrogen and oxygen atoms in total. The number of Topliss-reactive ketones (excluding diaryl/α,β-unsaturated/α-hetero) is 1. The van der Waals surface area contributed by atoms with Gasteiger partial charge in [0, 0.05) is 30.1 Å². The first kappa shape index (κ1) is 16.3. The molecule has 0 aliphatic heterocycles. The zero-order valence-electron chi connectivity index (χ0n) is 14.9. The molecule has 0 spiro atoms. The van der Waals surface area contributed by atoms with Gasteiger partial charge in [-0.3, -0.25) is 9.59 Å². The van der Waals surface area contributed by atoms with Gasteiger partial charge < -0.3 is 9.84 Å². The van der Waals surface area contributed by atoms with Crippen LogP contribution < -0.4 is 0 Å². The molecule has 4 aliphatic rings. The molecule has 24 heavy (non-hydrogen) atoms. The van der Waals surface area contributed by atoms with Crippen LogP contribution >= 0.6 is 0 Å². The Morgan fingerprint density at radius 1 is 1.17 bits per heavy atom. The minimum Gasteiger partial charge on any atom is -0.463 e. The fourth-order valence-corrected chi connectivity index (χ4v) is 6.41. The molecule has 3 fully saturated rings. The van der Waals surface area contributed by atoms with Crippen LogP contribution in [0.5, 0.6) is 0 Å². The zero-order valence-corrected chi connectivity index (χ0v) is 14.9. The maximum atomic E-state index is 12.4. The Morgan fingerprint density at radius 2 is 1.92 bits per heavy atom. The van der Waals surface area contributed by atoms with Crippen LogP contribution in [0.15, 0.2) is 11.1 Å². The van der Waals surface area contributed by atoms with E-state index in [9.17, 15) is 14.7 Å². The Hall–Kier alpha value is -1.16. The van der Waals surface area contributed by atoms with Crippen LogP contribution in [0, 0.1) is 22.7 Å². The van der Waals surface area contributed by atoms with Crippen LogP contribution in [-0.4, -0.2) is 29.1 Å². The van der Waals surface area contributed by atoms with Gasteiger partial charge in [-0.2, -0.15) is 0 Å². The van der Waals surface area contributed by atoms with Crippen LogP contribution in [0.25, 0.3) is 0 Å². The summed E-state index contributed by atoms with van der Waals surface area (Å²) in [4.78, 5) is 23.8. The Kier molecular flexibility index (Phi) is 3.51. The minimum atomic E-state index is -0.448. The van der Waals surface area contributed by atoms with Crippen LogP contribution in [0.1, 0.15) is 65.7 Å². The first-order valence-corrected chi connectivity index (χ1v) is 9.38. The third-order valence-corrected chi connectivity index (χ3v) is 7.66. The molecule has 3 saturated carbocycles. The van der Waals surface area contributed by atoms with Crippen LogP contribution in [0.2, 0.25) is 0 Å². The summed E-state index contributed by atoms with van der Waals surface area (Å²) in [6, 6.07) is 0. The van der Waals surface area contributed by atoms with Gasteiger partial charge in [0.2, 0.25) is 0 Å². The highest BCUT2D eigenvalue weighted by atomic mass is 16.5. The SMILES string of the molecule is CC(=O)O[C@H]1CCC2=C3CC[C@@]4(C)C(=O)CC[C@@H]4[C@@H]3[C@H](O)[C@]2(C)C1. The van der Waals surface area contributed by atoms with E-state index in [1.165, 1.54) is 18.1 Å². The van der Waals surface area contributed by atoms with Gasteiger partial charge in [-0.1, -0.05) is 25.0 Å². The first-order valence-electron chi connectivity index (χ1n) is 9.38. The monoisotopic (exact) mass is 332 g/mol. The second-order valence-electron chi connectivity index (χ2n) is 8.85. The summed E-state index contributed by atoms with van der Waals surface area (Å²) in [5.74, 6) is 0.567. The number of ketones is 1. The van der Waals surface area contributed by atoms with Crippen molar-refractivity contribution >= 4 is 11.8 Å². The van der Waals surface area contributed by atoms with E-state index in [4.69, 9.17) is 4.74 Å². The molecule has 0 aromatic rings. The van der Waals surface area contributed by atoms with E-state index in [1.54, 1.807) is 0 Å². The van der Waals surface area contributed by atoms with Crippen molar-refractivity contribution in [3.05, 3.63) is 11.1 Å². The third kappa shape index (κ3) is 2.01. The van der Waals surface area contributed by atoms with Gasteiger partial charge in [0.25, 0.3) is 0 Å². The summed E-state index contributed by atoms with van der Waals surface area (Å²) < 4.78 is 5.46. The van der Waals surface area contributed by atoms with Crippen LogP contribution in [0.3, 0.4) is 0 Å². The molecule has 0 aromatic carbocycles. The fraction of sp³-hybridized carbons (Fsp3) is 0.800. The van der Waals surface area contributed by atoms with E-state index in [0.717, 1.165) is 32.1 Å². The third-order valence-electron chi connectivity index (χ3n) is 7.66. The fourth-order valence-electron chi connectivity index (χ4n) is 6.41. The molecule has 4 heteroatoms. The van der Waals surface area contributed by atoms with Crippen LogP contribution in [0.4, 0.5) is 0 Å². The number of carbonyl (C=O) groups is 2. The lowest BCUT2D eigenvalue weighted by Crippen LogP contribution is -2.45. The van der Waals surface area contributed by atoms with E-state index in [0.29, 0.717) is 18.6 Å². The van der Waals surface area contributed by atoms with Crippen molar-refractivity contribution in [1.82, 2.24) is 0 Å². The molecule has 1 N–H and O–H groups in total. The van der Waals surface area contributed by atoms with E-state index in [1.807, 2.05) is 0 Å². The van der Waals surface area contributed by atoms with Gasteiger partial charge in [0.15, 0.2) is 0 Å². The highest BCUT2D eigenvalue weighted by Gasteiger charge is 2.61. The van der Waals surface area contributed by atoms with E-state index >= 15 is 0 Å². The molecule has 132 valence electrons. The highest BCUT2D eigenvalue weighted by Crippen LogP contribution is 2.64. The van der Waals surface area contributed by atoms with Gasteiger partial charge in [-0.05, 0) is 44.4 Å². The summed E-state index contributed by atoms with van der Waals surface area (Å²) in [6.45, 7) is 5.71. The van der Waals surface area contributed by atoms with Gasteiger partial charge in [-0.25, -0.2) is 0 Å². The molecule has 0 unspecified atom stereocenters. The van der Waals surface area contributed by atoms with Crippen molar-refractivity contribution in [2.45, 2.75) is 77.9 Å². The summed E-state index contributed by atoms with van der Waals surface area (Å²) in [6.07, 6.45) is 5.39. The molecule has 4 aliphatic carbocycles. The van der Waals surface area contributed by atoms with Crippen molar-refractivity contribution in [1.29, 1.82) is 0 Å². The number of fused-ring (bicyclic) bond motifs is 4. The average molecular weight is 332 g/mol. The molecule has 0 bridgehead atoms. The maximum absolute atomic E-state index is 12.4. The Bertz CT molecular complexity index is 636. The number of hydrogen-bond acceptors (Lipinski definition) is 4. The summed E-state index contributed by atoms with van der Waals surface area (Å²) in [5.41, 5.74) is 2.30. The highest BCUT2D eigenvalue weighted by molar-refractivity contribution is 5.87. The molecule has 0 saturated heterocycles. The number of rotatable bonds is 1. The summed E-state index contributed by atoms with van der Waals surface area (Å²) >= 11 is 0. The second-order valence-corrected chi connectivity index (χ2v) is 8.85. The number of hydrogen-bond donors (Lipinski definition) is 1. The standard InChI is InChI=1S/C20H28O4/c1-11(21)24-12-4-5-14-13-8-9-19(2)15(6-7-16(19)22)17(13)18(23)20(14,3)10-12/h12,15,17-18,23H,4-10H2,1-3H3/t12-,15+,17+,18-,19+,20+/m0/s1. The molecular formula is C20H28O4. The molecule has 6 atom stereocenters. The van der Waals surface area contributed by atoms with Crippen molar-refractivity contribution in [3.8, 4) is 0 Å². The van der Waals surface area contributed by atoms with Gasteiger partial charge >= 0.3 is 5.97 Å². The van der Waals surface area contributed by atoms with Crippen molar-refractivity contribution in [3.63, 3.8) is 0 Å². The zero-order chi connectivity index (χ0) is 17.3. The van der Waals surface area contributed by atoms with Gasteiger partial charge in [-0.15, -0.1) is 0 Å². The number of esters is 1. The average Bonchev–Trinajstić information content (AvgIpc) is 2.92. The van der Waals surface area contributed by atoms with Gasteiger partial charge in [0.1, 0.15) is 11.9 Å². The number of aliphatic hydroxyl groups excluding tert-OH is 1. The smallest absolute Gasteiger partial charge is 0.302 e. The van der Waals surface area contributed by atoms with Crippen LogP contribution in [-0.2, 0) is 14.3 Å². The quantitative estimate of drug-likeness (QED) is 0.592. The minimum absolute atomic E-state index is 0.0942. The van der Waals surface area contributed by atoms with E-state index in [2.05, 4.69) is 13.8 Å². The Balaban J connectivity index is 1.68. The number of carbonyl (C=O) groups excluding carboxylic acids is 2. The molecule has 0 radical (unpaired) electrons. The Labute approximate surface area is 143 Å². The Morgan fingerprint density at radius 3 is 2.62 bits per heavy atom. The van der Waals surface area contributed by atoms with E-state index < -0.39 is 6.10 Å². The molecule has 0 heterocycles. The summed E-state index contributed by atoms with van der Waals surface area (Å²) in [5, 5.41) is 11.3.